The summed E-state index contributed by atoms with van der Waals surface area (Å²) in [5, 5.41) is 15.2. The SMILES string of the molecule is C=CCc1cc(/C=N\Nc2ncccc2[N+](=O)[O-])cc(OC)c1OCc1ccc(C)cc1. The average Bonchev–Trinajstić information content (AvgIpc) is 2.79. The van der Waals surface area contributed by atoms with Crippen LogP contribution >= 0.6 is 0 Å². The molecule has 0 saturated carbocycles. The van der Waals surface area contributed by atoms with Crippen LogP contribution in [0, 0.1) is 17.0 Å². The topological polar surface area (TPSA) is 98.9 Å². The zero-order valence-electron chi connectivity index (χ0n) is 17.9. The molecule has 0 fully saturated rings. The highest BCUT2D eigenvalue weighted by molar-refractivity contribution is 5.82. The van der Waals surface area contributed by atoms with Crippen LogP contribution in [0.5, 0.6) is 11.5 Å². The van der Waals surface area contributed by atoms with Crippen LogP contribution in [0.25, 0.3) is 0 Å². The first-order chi connectivity index (χ1) is 15.5. The van der Waals surface area contributed by atoms with Gasteiger partial charge in [0.1, 0.15) is 6.61 Å². The summed E-state index contributed by atoms with van der Waals surface area (Å²) in [4.78, 5) is 14.5. The van der Waals surface area contributed by atoms with Crippen LogP contribution in [-0.2, 0) is 13.0 Å². The van der Waals surface area contributed by atoms with Crippen molar-refractivity contribution in [2.45, 2.75) is 20.0 Å². The van der Waals surface area contributed by atoms with Crippen molar-refractivity contribution in [1.29, 1.82) is 0 Å². The molecule has 0 atom stereocenters. The second-order valence-corrected chi connectivity index (χ2v) is 6.98. The number of methoxy groups -OCH3 is 1. The third-order valence-electron chi connectivity index (χ3n) is 4.61. The van der Waals surface area contributed by atoms with Gasteiger partial charge in [-0.15, -0.1) is 6.58 Å². The molecule has 8 nitrogen and oxygen atoms in total. The fourth-order valence-corrected chi connectivity index (χ4v) is 3.02. The molecule has 2 aromatic carbocycles. The average molecular weight is 432 g/mol. The molecular weight excluding hydrogens is 408 g/mol. The number of aromatic nitrogens is 1. The lowest BCUT2D eigenvalue weighted by atomic mass is 10.1. The molecule has 0 radical (unpaired) electrons. The van der Waals surface area contributed by atoms with Gasteiger partial charge in [0.25, 0.3) is 0 Å². The highest BCUT2D eigenvalue weighted by atomic mass is 16.6. The largest absolute Gasteiger partial charge is 0.493 e. The third-order valence-corrected chi connectivity index (χ3v) is 4.61. The van der Waals surface area contributed by atoms with E-state index >= 15 is 0 Å². The van der Waals surface area contributed by atoms with E-state index in [0.29, 0.717) is 24.5 Å². The maximum absolute atomic E-state index is 11.1. The molecule has 32 heavy (non-hydrogen) atoms. The third kappa shape index (κ3) is 5.69. The molecule has 1 aromatic heterocycles. The molecule has 0 aliphatic rings. The van der Waals surface area contributed by atoms with Gasteiger partial charge < -0.3 is 9.47 Å². The lowest BCUT2D eigenvalue weighted by Gasteiger charge is -2.16. The quantitative estimate of drug-likeness (QED) is 0.208. The molecule has 0 bridgehead atoms. The summed E-state index contributed by atoms with van der Waals surface area (Å²) in [6, 6.07) is 14.7. The normalized spacial score (nSPS) is 10.7. The number of benzene rings is 2. The van der Waals surface area contributed by atoms with E-state index in [1.807, 2.05) is 37.3 Å². The van der Waals surface area contributed by atoms with E-state index in [0.717, 1.165) is 16.7 Å². The van der Waals surface area contributed by atoms with Crippen molar-refractivity contribution < 1.29 is 14.4 Å². The van der Waals surface area contributed by atoms with Crippen LogP contribution in [-0.4, -0.2) is 23.2 Å². The Hall–Kier alpha value is -4.20. The summed E-state index contributed by atoms with van der Waals surface area (Å²) in [7, 11) is 1.57. The number of hydrogen-bond donors (Lipinski definition) is 1. The van der Waals surface area contributed by atoms with Gasteiger partial charge in [-0.3, -0.25) is 15.5 Å². The molecular formula is C24H24N4O4. The fraction of sp³-hybridized carbons (Fsp3) is 0.167. The Kier molecular flexibility index (Phi) is 7.53. The number of nitrogens with zero attached hydrogens (tertiary/aromatic N) is 3. The molecule has 0 amide bonds. The number of nitrogens with one attached hydrogen (secondary N) is 1. The number of aryl methyl sites for hydroxylation is 1. The van der Waals surface area contributed by atoms with E-state index in [9.17, 15) is 10.1 Å². The maximum atomic E-state index is 11.1. The predicted molar refractivity (Wildman–Crippen MR) is 125 cm³/mol. The van der Waals surface area contributed by atoms with Crippen molar-refractivity contribution in [1.82, 2.24) is 4.98 Å². The minimum absolute atomic E-state index is 0.0603. The number of hydrazone groups is 1. The second kappa shape index (κ2) is 10.7. The molecule has 0 saturated heterocycles. The second-order valence-electron chi connectivity index (χ2n) is 6.98. The first kappa shape index (κ1) is 22.5. The van der Waals surface area contributed by atoms with Crippen molar-refractivity contribution in [2.75, 3.05) is 12.5 Å². The van der Waals surface area contributed by atoms with Crippen molar-refractivity contribution >= 4 is 17.7 Å². The van der Waals surface area contributed by atoms with E-state index in [2.05, 4.69) is 22.1 Å². The van der Waals surface area contributed by atoms with Crippen LogP contribution in [0.3, 0.4) is 0 Å². The molecule has 1 N–H and O–H groups in total. The highest BCUT2D eigenvalue weighted by Gasteiger charge is 2.14. The van der Waals surface area contributed by atoms with Crippen molar-refractivity contribution in [3.8, 4) is 11.5 Å². The summed E-state index contributed by atoms with van der Waals surface area (Å²) >= 11 is 0. The van der Waals surface area contributed by atoms with Crippen molar-refractivity contribution in [3.63, 3.8) is 0 Å². The number of rotatable bonds is 10. The summed E-state index contributed by atoms with van der Waals surface area (Å²) in [5.74, 6) is 1.25. The lowest BCUT2D eigenvalue weighted by Crippen LogP contribution is -2.03. The van der Waals surface area contributed by atoms with Gasteiger partial charge in [0.15, 0.2) is 11.5 Å². The monoisotopic (exact) mass is 432 g/mol. The van der Waals surface area contributed by atoms with Crippen LogP contribution in [0.2, 0.25) is 0 Å². The van der Waals surface area contributed by atoms with E-state index in [4.69, 9.17) is 9.47 Å². The maximum Gasteiger partial charge on any atom is 0.313 e. The number of allylic oxidation sites excluding steroid dienone is 1. The van der Waals surface area contributed by atoms with Gasteiger partial charge in [0.05, 0.1) is 18.2 Å². The summed E-state index contributed by atoms with van der Waals surface area (Å²) < 4.78 is 11.6. The number of pyridine rings is 1. The number of hydrogen-bond acceptors (Lipinski definition) is 7. The molecule has 164 valence electrons. The highest BCUT2D eigenvalue weighted by Crippen LogP contribution is 2.34. The predicted octanol–water partition coefficient (Wildman–Crippen LogP) is 5.06. The van der Waals surface area contributed by atoms with Crippen LogP contribution in [0.4, 0.5) is 11.5 Å². The van der Waals surface area contributed by atoms with E-state index in [1.54, 1.807) is 19.3 Å². The van der Waals surface area contributed by atoms with Crippen LogP contribution < -0.4 is 14.9 Å². The van der Waals surface area contributed by atoms with Gasteiger partial charge >= 0.3 is 5.69 Å². The van der Waals surface area contributed by atoms with Gasteiger partial charge in [-0.25, -0.2) is 4.98 Å². The number of anilines is 1. The minimum atomic E-state index is -0.518. The van der Waals surface area contributed by atoms with Crippen molar-refractivity contribution in [2.24, 2.45) is 5.10 Å². The molecule has 0 aliphatic heterocycles. The molecule has 0 unspecified atom stereocenters. The van der Waals surface area contributed by atoms with Crippen LogP contribution in [0.15, 0.2) is 72.5 Å². The Morgan fingerprint density at radius 3 is 2.72 bits per heavy atom. The Morgan fingerprint density at radius 2 is 2.03 bits per heavy atom. The first-order valence-electron chi connectivity index (χ1n) is 9.90. The van der Waals surface area contributed by atoms with Crippen LogP contribution in [0.1, 0.15) is 22.3 Å². The Morgan fingerprint density at radius 1 is 1.25 bits per heavy atom. The number of ether oxygens (including phenoxy) is 2. The lowest BCUT2D eigenvalue weighted by molar-refractivity contribution is -0.384. The molecule has 0 spiro atoms. The summed E-state index contributed by atoms with van der Waals surface area (Å²) in [6.45, 7) is 6.26. The first-order valence-corrected chi connectivity index (χ1v) is 9.90. The number of nitro groups is 1. The van der Waals surface area contributed by atoms with E-state index < -0.39 is 4.92 Å². The standard InChI is InChI=1S/C24H24N4O4/c1-4-6-20-13-19(15-26-27-24-21(28(29)30)7-5-12-25-24)14-22(31-3)23(20)32-16-18-10-8-17(2)9-11-18/h4-5,7-15H,1,6,16H2,2-3H3,(H,25,27)/b26-15-. The molecule has 0 aliphatic carbocycles. The van der Waals surface area contributed by atoms with Gasteiger partial charge in [0.2, 0.25) is 5.82 Å². The molecule has 3 aromatic rings. The van der Waals surface area contributed by atoms with Gasteiger partial charge in [0, 0.05) is 17.8 Å². The zero-order valence-corrected chi connectivity index (χ0v) is 17.9. The molecule has 8 heteroatoms. The van der Waals surface area contributed by atoms with Gasteiger partial charge in [-0.2, -0.15) is 5.10 Å². The van der Waals surface area contributed by atoms with E-state index in [-0.39, 0.29) is 11.5 Å². The minimum Gasteiger partial charge on any atom is -0.493 e. The van der Waals surface area contributed by atoms with Gasteiger partial charge in [-0.1, -0.05) is 35.9 Å². The zero-order chi connectivity index (χ0) is 22.9. The van der Waals surface area contributed by atoms with Crippen molar-refractivity contribution in [3.05, 3.63) is 99.8 Å². The molecule has 1 heterocycles. The fourth-order valence-electron chi connectivity index (χ4n) is 3.02. The summed E-state index contributed by atoms with van der Waals surface area (Å²) in [6.07, 6.45) is 5.35. The Balaban J connectivity index is 1.82. The Bertz CT molecular complexity index is 1130. The smallest absolute Gasteiger partial charge is 0.313 e. The summed E-state index contributed by atoms with van der Waals surface area (Å²) in [5.41, 5.74) is 6.32. The molecule has 3 rings (SSSR count). The Labute approximate surface area is 186 Å². The van der Waals surface area contributed by atoms with Gasteiger partial charge in [-0.05, 0) is 42.7 Å². The van der Waals surface area contributed by atoms with E-state index in [1.165, 1.54) is 30.1 Å².